The number of aryl methyl sites for hydroxylation is 2. The van der Waals surface area contributed by atoms with E-state index in [4.69, 9.17) is 4.98 Å². The third-order valence-corrected chi connectivity index (χ3v) is 7.59. The van der Waals surface area contributed by atoms with E-state index in [2.05, 4.69) is 28.2 Å². The molecular weight excluding hydrogens is 382 g/mol. The summed E-state index contributed by atoms with van der Waals surface area (Å²) >= 11 is 1.91. The molecule has 0 aromatic carbocycles. The number of aromatic nitrogens is 3. The first-order valence-corrected chi connectivity index (χ1v) is 11.3. The first-order chi connectivity index (χ1) is 14.1. The van der Waals surface area contributed by atoms with Gasteiger partial charge in [0.15, 0.2) is 5.69 Å². The lowest BCUT2D eigenvalue weighted by molar-refractivity contribution is 0.0705. The summed E-state index contributed by atoms with van der Waals surface area (Å²) in [6.45, 7) is 5.68. The first-order valence-electron chi connectivity index (χ1n) is 10.5. The summed E-state index contributed by atoms with van der Waals surface area (Å²) < 4.78 is 1.72. The number of carbonyl (C=O) groups excluding carboxylic acids is 1. The number of allylic oxidation sites excluding steroid dienone is 3. The predicted molar refractivity (Wildman–Crippen MR) is 114 cm³/mol. The van der Waals surface area contributed by atoms with Gasteiger partial charge in [-0.1, -0.05) is 6.08 Å². The summed E-state index contributed by atoms with van der Waals surface area (Å²) in [7, 11) is 1.86. The molecule has 3 aliphatic rings. The molecule has 1 saturated heterocycles. The molecular formula is C22H27N5OS. The highest BCUT2D eigenvalue weighted by Crippen LogP contribution is 2.35. The second kappa shape index (κ2) is 7.44. The number of rotatable bonds is 3. The van der Waals surface area contributed by atoms with Crippen LogP contribution in [0.15, 0.2) is 30.1 Å². The van der Waals surface area contributed by atoms with Crippen molar-refractivity contribution in [2.45, 2.75) is 38.5 Å². The van der Waals surface area contributed by atoms with Gasteiger partial charge in [0.05, 0.1) is 10.7 Å². The van der Waals surface area contributed by atoms with Crippen LogP contribution in [-0.4, -0.2) is 56.7 Å². The molecule has 4 heterocycles. The maximum Gasteiger partial charge on any atom is 0.274 e. The molecule has 0 saturated carbocycles. The number of thiazole rings is 1. The Morgan fingerprint density at radius 2 is 1.93 bits per heavy atom. The Hall–Kier alpha value is -2.41. The quantitative estimate of drug-likeness (QED) is 0.782. The topological polar surface area (TPSA) is 54.3 Å². The SMILES string of the molecule is Cc1cn(C)nc1C(=O)N1CCC(c2nc3c(s2)CCN(C2=CC=C2)CC3)CC1. The minimum atomic E-state index is 0.0657. The van der Waals surface area contributed by atoms with Crippen LogP contribution in [0.5, 0.6) is 0 Å². The van der Waals surface area contributed by atoms with Crippen LogP contribution >= 0.6 is 11.3 Å². The molecule has 2 aliphatic heterocycles. The van der Waals surface area contributed by atoms with Gasteiger partial charge >= 0.3 is 0 Å². The standard InChI is InChI=1S/C22H27N5OS/c1-15-14-25(2)24-20(15)22(28)27-10-6-16(7-11-27)21-23-18-8-12-26(17-4-3-5-17)13-9-19(18)29-21/h3-5,14,16H,6-13H2,1-2H3. The Kier molecular flexibility index (Phi) is 4.78. The van der Waals surface area contributed by atoms with E-state index in [0.717, 1.165) is 57.4 Å². The van der Waals surface area contributed by atoms with Crippen LogP contribution in [0.25, 0.3) is 0 Å². The fourth-order valence-electron chi connectivity index (χ4n) is 4.51. The second-order valence-electron chi connectivity index (χ2n) is 8.26. The van der Waals surface area contributed by atoms with E-state index in [1.165, 1.54) is 21.3 Å². The largest absolute Gasteiger partial charge is 0.371 e. The van der Waals surface area contributed by atoms with E-state index in [1.807, 2.05) is 36.4 Å². The normalized spacial score (nSPS) is 19.6. The molecule has 0 unspecified atom stereocenters. The molecule has 5 rings (SSSR count). The zero-order chi connectivity index (χ0) is 20.0. The number of carbonyl (C=O) groups is 1. The van der Waals surface area contributed by atoms with Gasteiger partial charge in [-0.15, -0.1) is 11.3 Å². The van der Waals surface area contributed by atoms with Crippen molar-refractivity contribution in [2.24, 2.45) is 7.05 Å². The maximum absolute atomic E-state index is 12.8. The van der Waals surface area contributed by atoms with Crippen molar-refractivity contribution >= 4 is 17.2 Å². The van der Waals surface area contributed by atoms with Crippen LogP contribution in [0, 0.1) is 6.92 Å². The molecule has 0 N–H and O–H groups in total. The minimum absolute atomic E-state index is 0.0657. The van der Waals surface area contributed by atoms with E-state index in [-0.39, 0.29) is 5.91 Å². The van der Waals surface area contributed by atoms with Crippen molar-refractivity contribution in [3.8, 4) is 0 Å². The van der Waals surface area contributed by atoms with Gasteiger partial charge in [-0.25, -0.2) is 4.98 Å². The van der Waals surface area contributed by atoms with Crippen molar-refractivity contribution in [1.82, 2.24) is 24.6 Å². The van der Waals surface area contributed by atoms with Gasteiger partial charge in [0.25, 0.3) is 5.91 Å². The van der Waals surface area contributed by atoms with Crippen molar-refractivity contribution in [3.05, 3.63) is 57.0 Å². The lowest BCUT2D eigenvalue weighted by atomic mass is 9.97. The molecule has 2 aromatic rings. The van der Waals surface area contributed by atoms with Crippen molar-refractivity contribution < 1.29 is 4.79 Å². The number of amides is 1. The molecule has 7 heteroatoms. The highest BCUT2D eigenvalue weighted by atomic mass is 32.1. The summed E-state index contributed by atoms with van der Waals surface area (Å²) in [5.41, 5.74) is 4.21. The molecule has 152 valence electrons. The molecule has 0 spiro atoms. The fourth-order valence-corrected chi connectivity index (χ4v) is 5.78. The Labute approximate surface area is 175 Å². The van der Waals surface area contributed by atoms with Crippen LogP contribution in [0.1, 0.15) is 50.4 Å². The third-order valence-electron chi connectivity index (χ3n) is 6.27. The zero-order valence-electron chi connectivity index (χ0n) is 17.1. The van der Waals surface area contributed by atoms with Crippen molar-refractivity contribution in [3.63, 3.8) is 0 Å². The zero-order valence-corrected chi connectivity index (χ0v) is 17.9. The first kappa shape index (κ1) is 18.6. The van der Waals surface area contributed by atoms with Gasteiger partial charge in [0.1, 0.15) is 0 Å². The number of likely N-dealkylation sites (tertiary alicyclic amines) is 1. The highest BCUT2D eigenvalue weighted by Gasteiger charge is 2.29. The van der Waals surface area contributed by atoms with Crippen LogP contribution in [0.3, 0.4) is 0 Å². The molecule has 1 fully saturated rings. The van der Waals surface area contributed by atoms with E-state index in [9.17, 15) is 4.79 Å². The molecule has 1 aliphatic carbocycles. The molecule has 6 nitrogen and oxygen atoms in total. The van der Waals surface area contributed by atoms with Crippen molar-refractivity contribution in [1.29, 1.82) is 0 Å². The minimum Gasteiger partial charge on any atom is -0.371 e. The van der Waals surface area contributed by atoms with Gasteiger partial charge in [-0.05, 0) is 31.9 Å². The van der Waals surface area contributed by atoms with Crippen molar-refractivity contribution in [2.75, 3.05) is 26.2 Å². The van der Waals surface area contributed by atoms with E-state index in [1.54, 1.807) is 4.68 Å². The van der Waals surface area contributed by atoms with Crippen LogP contribution in [0.2, 0.25) is 0 Å². The van der Waals surface area contributed by atoms with Gasteiger partial charge in [-0.3, -0.25) is 9.48 Å². The third kappa shape index (κ3) is 3.52. The number of piperidine rings is 1. The average molecular weight is 410 g/mol. The Morgan fingerprint density at radius 1 is 1.17 bits per heavy atom. The smallest absolute Gasteiger partial charge is 0.274 e. The molecule has 0 radical (unpaired) electrons. The van der Waals surface area contributed by atoms with E-state index in [0.29, 0.717) is 11.6 Å². The Bertz CT molecular complexity index is 968. The highest BCUT2D eigenvalue weighted by molar-refractivity contribution is 7.11. The second-order valence-corrected chi connectivity index (χ2v) is 9.38. The lowest BCUT2D eigenvalue weighted by Gasteiger charge is -2.31. The summed E-state index contributed by atoms with van der Waals surface area (Å²) in [5, 5.41) is 5.63. The lowest BCUT2D eigenvalue weighted by Crippen LogP contribution is -2.38. The van der Waals surface area contributed by atoms with Gasteiger partial charge < -0.3 is 9.80 Å². The number of fused-ring (bicyclic) bond motifs is 1. The molecule has 29 heavy (non-hydrogen) atoms. The summed E-state index contributed by atoms with van der Waals surface area (Å²) in [5.74, 6) is 0.546. The number of hydrogen-bond acceptors (Lipinski definition) is 5. The molecule has 0 atom stereocenters. The van der Waals surface area contributed by atoms with Gasteiger partial charge in [0.2, 0.25) is 0 Å². The molecule has 1 amide bonds. The summed E-state index contributed by atoms with van der Waals surface area (Å²) in [6, 6.07) is 0. The maximum atomic E-state index is 12.8. The molecule has 2 aromatic heterocycles. The average Bonchev–Trinajstić information content (AvgIpc) is 3.18. The van der Waals surface area contributed by atoms with Crippen LogP contribution < -0.4 is 0 Å². The number of nitrogens with zero attached hydrogens (tertiary/aromatic N) is 5. The summed E-state index contributed by atoms with van der Waals surface area (Å²) in [4.78, 5) is 23.8. The molecule has 0 bridgehead atoms. The van der Waals surface area contributed by atoms with Gasteiger partial charge in [0, 0.05) is 74.3 Å². The van der Waals surface area contributed by atoms with Crippen LogP contribution in [-0.2, 0) is 19.9 Å². The van der Waals surface area contributed by atoms with E-state index < -0.39 is 0 Å². The van der Waals surface area contributed by atoms with E-state index >= 15 is 0 Å². The monoisotopic (exact) mass is 409 g/mol. The Morgan fingerprint density at radius 3 is 2.59 bits per heavy atom. The Balaban J connectivity index is 1.21. The predicted octanol–water partition coefficient (Wildman–Crippen LogP) is 3.06. The number of hydrogen-bond donors (Lipinski definition) is 0. The van der Waals surface area contributed by atoms with Crippen LogP contribution in [0.4, 0.5) is 0 Å². The van der Waals surface area contributed by atoms with Gasteiger partial charge in [-0.2, -0.15) is 5.10 Å². The summed E-state index contributed by atoms with van der Waals surface area (Å²) in [6.07, 6.45) is 12.5. The fraction of sp³-hybridized carbons (Fsp3) is 0.500.